The van der Waals surface area contributed by atoms with Gasteiger partial charge >= 0.3 is 0 Å². The van der Waals surface area contributed by atoms with Crippen LogP contribution in [0.1, 0.15) is 41.3 Å². The number of nitrogens with two attached hydrogens (primary N) is 1. The summed E-state index contributed by atoms with van der Waals surface area (Å²) in [5.41, 5.74) is 6.90. The number of hydrogen-bond acceptors (Lipinski definition) is 8. The fraction of sp³-hybridized carbons (Fsp3) is 0.400. The van der Waals surface area contributed by atoms with E-state index >= 15 is 0 Å². The SMILES string of the molecule is COc1ccnc(CNC(=O)/C(=C/NCc2cn3cc(C4CC4)cc(CCN(C)C)c3n2)NN)c1F. The average Bonchev–Trinajstić information content (AvgIpc) is 3.63. The first-order valence-corrected chi connectivity index (χ1v) is 11.9. The second kappa shape index (κ2) is 11.4. The third-order valence-electron chi connectivity index (χ3n) is 6.07. The fourth-order valence-corrected chi connectivity index (χ4v) is 3.93. The van der Waals surface area contributed by atoms with Gasteiger partial charge in [0.05, 0.1) is 31.6 Å². The lowest BCUT2D eigenvalue weighted by atomic mass is 10.1. The molecule has 0 radical (unpaired) electrons. The Morgan fingerprint density at radius 3 is 2.83 bits per heavy atom. The predicted octanol–water partition coefficient (Wildman–Crippen LogP) is 1.57. The number of nitrogens with one attached hydrogen (secondary N) is 3. The van der Waals surface area contributed by atoms with Crippen molar-refractivity contribution in [2.45, 2.75) is 38.3 Å². The van der Waals surface area contributed by atoms with Crippen molar-refractivity contribution in [1.82, 2.24) is 35.3 Å². The van der Waals surface area contributed by atoms with Gasteiger partial charge in [0.15, 0.2) is 11.6 Å². The Hall–Kier alpha value is -3.70. The van der Waals surface area contributed by atoms with Crippen molar-refractivity contribution in [3.05, 3.63) is 71.0 Å². The molecule has 5 N–H and O–H groups in total. The number of hydrazine groups is 1. The molecule has 3 heterocycles. The number of amides is 1. The van der Waals surface area contributed by atoms with Gasteiger partial charge in [-0.15, -0.1) is 0 Å². The molecular weight excluding hydrogens is 463 g/mol. The lowest BCUT2D eigenvalue weighted by Gasteiger charge is -2.11. The molecule has 0 atom stereocenters. The molecule has 1 aliphatic rings. The van der Waals surface area contributed by atoms with Gasteiger partial charge in [0, 0.05) is 37.4 Å². The molecule has 3 aromatic rings. The Labute approximate surface area is 209 Å². The largest absolute Gasteiger partial charge is 0.494 e. The van der Waals surface area contributed by atoms with Crippen molar-refractivity contribution in [2.75, 3.05) is 27.7 Å². The van der Waals surface area contributed by atoms with Crippen LogP contribution < -0.4 is 26.6 Å². The van der Waals surface area contributed by atoms with Crippen LogP contribution in [-0.2, 0) is 24.3 Å². The fourth-order valence-electron chi connectivity index (χ4n) is 3.93. The van der Waals surface area contributed by atoms with E-state index in [-0.39, 0.29) is 23.7 Å². The molecule has 4 rings (SSSR count). The minimum atomic E-state index is -0.619. The molecule has 192 valence electrons. The van der Waals surface area contributed by atoms with E-state index in [9.17, 15) is 9.18 Å². The Bertz CT molecular complexity index is 1250. The Morgan fingerprint density at radius 2 is 2.14 bits per heavy atom. The van der Waals surface area contributed by atoms with Gasteiger partial charge in [-0.1, -0.05) is 6.07 Å². The summed E-state index contributed by atoms with van der Waals surface area (Å²) in [6, 6.07) is 3.70. The summed E-state index contributed by atoms with van der Waals surface area (Å²) >= 11 is 0. The highest BCUT2D eigenvalue weighted by Gasteiger charge is 2.25. The minimum Gasteiger partial charge on any atom is -0.494 e. The van der Waals surface area contributed by atoms with E-state index in [1.54, 1.807) is 0 Å². The highest BCUT2D eigenvalue weighted by molar-refractivity contribution is 5.92. The zero-order valence-corrected chi connectivity index (χ0v) is 20.8. The molecule has 0 aliphatic heterocycles. The predicted molar refractivity (Wildman–Crippen MR) is 134 cm³/mol. The van der Waals surface area contributed by atoms with Crippen LogP contribution in [0.4, 0.5) is 4.39 Å². The molecule has 1 aliphatic carbocycles. The van der Waals surface area contributed by atoms with Crippen LogP contribution in [0.5, 0.6) is 5.75 Å². The van der Waals surface area contributed by atoms with E-state index in [0.29, 0.717) is 12.5 Å². The van der Waals surface area contributed by atoms with E-state index in [2.05, 4.69) is 56.7 Å². The molecule has 0 unspecified atom stereocenters. The molecule has 0 saturated heterocycles. The summed E-state index contributed by atoms with van der Waals surface area (Å²) in [5.74, 6) is 5.12. The number of hydrogen-bond donors (Lipinski definition) is 4. The van der Waals surface area contributed by atoms with Crippen LogP contribution in [0.15, 0.2) is 42.6 Å². The summed E-state index contributed by atoms with van der Waals surface area (Å²) < 4.78 is 21.3. The van der Waals surface area contributed by atoms with Gasteiger partial charge in [-0.3, -0.25) is 15.6 Å². The maximum atomic E-state index is 14.3. The smallest absolute Gasteiger partial charge is 0.270 e. The lowest BCUT2D eigenvalue weighted by molar-refractivity contribution is -0.118. The second-order valence-corrected chi connectivity index (χ2v) is 9.13. The van der Waals surface area contributed by atoms with Gasteiger partial charge in [-0.05, 0) is 50.4 Å². The van der Waals surface area contributed by atoms with Crippen molar-refractivity contribution in [2.24, 2.45) is 5.84 Å². The Balaban J connectivity index is 1.41. The number of rotatable bonds is 12. The summed E-state index contributed by atoms with van der Waals surface area (Å²) in [7, 11) is 5.50. The molecule has 0 aromatic carbocycles. The first kappa shape index (κ1) is 25.4. The third-order valence-corrected chi connectivity index (χ3v) is 6.07. The molecule has 1 fully saturated rings. The molecule has 10 nitrogen and oxygen atoms in total. The number of ether oxygens (including phenoxy) is 1. The molecule has 3 aromatic heterocycles. The molecule has 36 heavy (non-hydrogen) atoms. The summed E-state index contributed by atoms with van der Waals surface area (Å²) in [6.45, 7) is 1.23. The maximum absolute atomic E-state index is 14.3. The van der Waals surface area contributed by atoms with E-state index in [4.69, 9.17) is 15.6 Å². The van der Waals surface area contributed by atoms with Gasteiger partial charge in [0.1, 0.15) is 11.3 Å². The number of carbonyl (C=O) groups is 1. The van der Waals surface area contributed by atoms with E-state index < -0.39 is 11.7 Å². The van der Waals surface area contributed by atoms with Crippen molar-refractivity contribution in [3.63, 3.8) is 0 Å². The Kier molecular flexibility index (Phi) is 8.01. The van der Waals surface area contributed by atoms with Gasteiger partial charge in [-0.25, -0.2) is 9.37 Å². The lowest BCUT2D eigenvalue weighted by Crippen LogP contribution is -2.36. The molecule has 0 spiro atoms. The number of carbonyl (C=O) groups excluding carboxylic acids is 1. The minimum absolute atomic E-state index is 0.0604. The standard InChI is InChI=1S/C25H33FN8O2/c1-33(2)9-7-17-10-18(16-4-5-16)14-34-15-19(31-24(17)34)11-28-12-21(32-27)25(35)30-13-20-23(26)22(36-3)6-8-29-20/h6,8,10,12,14-16,28,32H,4-5,7,9,11,13,27H2,1-3H3,(H,30,35)/b21-12-. The number of aromatic nitrogens is 3. The van der Waals surface area contributed by atoms with Gasteiger partial charge < -0.3 is 30.1 Å². The van der Waals surface area contributed by atoms with Gasteiger partial charge in [-0.2, -0.15) is 0 Å². The van der Waals surface area contributed by atoms with Crippen LogP contribution >= 0.6 is 0 Å². The highest BCUT2D eigenvalue weighted by atomic mass is 19.1. The molecule has 1 amide bonds. The van der Waals surface area contributed by atoms with Crippen molar-refractivity contribution < 1.29 is 13.9 Å². The first-order chi connectivity index (χ1) is 17.4. The van der Waals surface area contributed by atoms with Crippen molar-refractivity contribution in [1.29, 1.82) is 0 Å². The number of imidazole rings is 1. The number of methoxy groups -OCH3 is 1. The van der Waals surface area contributed by atoms with Crippen LogP contribution in [0, 0.1) is 5.82 Å². The molecule has 0 bridgehead atoms. The van der Waals surface area contributed by atoms with E-state index in [1.807, 2.05) is 6.20 Å². The quantitative estimate of drug-likeness (QED) is 0.169. The number of fused-ring (bicyclic) bond motifs is 1. The third kappa shape index (κ3) is 6.10. The normalized spacial score (nSPS) is 13.8. The number of likely N-dealkylation sites (N-methyl/N-ethyl adjacent to an activating group) is 1. The van der Waals surface area contributed by atoms with Crippen molar-refractivity contribution >= 4 is 11.6 Å². The first-order valence-electron chi connectivity index (χ1n) is 11.9. The molecule has 11 heteroatoms. The van der Waals surface area contributed by atoms with Crippen LogP contribution in [-0.4, -0.2) is 52.9 Å². The highest BCUT2D eigenvalue weighted by Crippen LogP contribution is 2.40. The zero-order valence-electron chi connectivity index (χ0n) is 20.8. The number of pyridine rings is 2. The number of nitrogens with zero attached hydrogens (tertiary/aromatic N) is 4. The summed E-state index contributed by atoms with van der Waals surface area (Å²) in [5, 5.41) is 5.68. The van der Waals surface area contributed by atoms with Crippen LogP contribution in [0.3, 0.4) is 0 Å². The summed E-state index contributed by atoms with van der Waals surface area (Å²) in [4.78, 5) is 23.4. The number of halogens is 1. The van der Waals surface area contributed by atoms with E-state index in [0.717, 1.165) is 24.3 Å². The topological polar surface area (TPSA) is 122 Å². The zero-order chi connectivity index (χ0) is 25.7. The maximum Gasteiger partial charge on any atom is 0.270 e. The second-order valence-electron chi connectivity index (χ2n) is 9.13. The van der Waals surface area contributed by atoms with Crippen LogP contribution in [0.25, 0.3) is 5.65 Å². The molecular formula is C25H33FN8O2. The van der Waals surface area contributed by atoms with E-state index in [1.165, 1.54) is 49.5 Å². The molecule has 1 saturated carbocycles. The van der Waals surface area contributed by atoms with Gasteiger partial charge in [0.25, 0.3) is 5.91 Å². The average molecular weight is 497 g/mol. The van der Waals surface area contributed by atoms with Crippen LogP contribution in [0.2, 0.25) is 0 Å². The monoisotopic (exact) mass is 496 g/mol. The Morgan fingerprint density at radius 1 is 1.33 bits per heavy atom. The van der Waals surface area contributed by atoms with Crippen molar-refractivity contribution in [3.8, 4) is 5.75 Å². The summed E-state index contributed by atoms with van der Waals surface area (Å²) in [6.07, 6.45) is 10.5. The van der Waals surface area contributed by atoms with Gasteiger partial charge in [0.2, 0.25) is 0 Å².